The first-order valence-electron chi connectivity index (χ1n) is 7.29. The van der Waals surface area contributed by atoms with Gasteiger partial charge in [-0.15, -0.1) is 0 Å². The monoisotopic (exact) mass is 324 g/mol. The van der Waals surface area contributed by atoms with Crippen molar-refractivity contribution in [1.82, 2.24) is 4.90 Å². The summed E-state index contributed by atoms with van der Waals surface area (Å²) in [4.78, 5) is 14.7. The lowest BCUT2D eigenvalue weighted by Gasteiger charge is -2.36. The highest BCUT2D eigenvalue weighted by Crippen LogP contribution is 2.44. The Morgan fingerprint density at radius 2 is 2.09 bits per heavy atom. The number of rotatable bonds is 3. The number of amides is 1. The van der Waals surface area contributed by atoms with Crippen LogP contribution in [0.2, 0.25) is 0 Å². The highest BCUT2D eigenvalue weighted by atomic mass is 32.2. The van der Waals surface area contributed by atoms with Gasteiger partial charge in [0.25, 0.3) is 5.91 Å². The number of carbonyl (C=O) groups is 1. The summed E-state index contributed by atoms with van der Waals surface area (Å²) >= 11 is 0. The van der Waals surface area contributed by atoms with E-state index in [0.29, 0.717) is 31.0 Å². The van der Waals surface area contributed by atoms with E-state index < -0.39 is 10.0 Å². The summed E-state index contributed by atoms with van der Waals surface area (Å²) in [6.45, 7) is 3.53. The molecule has 1 heterocycles. The molecule has 2 fully saturated rings. The summed E-state index contributed by atoms with van der Waals surface area (Å²) in [6.07, 6.45) is 3.04. The van der Waals surface area contributed by atoms with Crippen molar-refractivity contribution in [3.05, 3.63) is 29.3 Å². The molecule has 1 N–H and O–H groups in total. The molecule has 3 rings (SSSR count). The van der Waals surface area contributed by atoms with Gasteiger partial charge in [-0.05, 0) is 37.5 Å². The van der Waals surface area contributed by atoms with Gasteiger partial charge in [0, 0.05) is 12.1 Å². The van der Waals surface area contributed by atoms with Crippen LogP contribution in [-0.2, 0) is 14.8 Å². The van der Waals surface area contributed by atoms with Gasteiger partial charge in [-0.1, -0.05) is 6.07 Å². The Morgan fingerprint density at radius 1 is 1.36 bits per heavy atom. The zero-order valence-corrected chi connectivity index (χ0v) is 13.6. The third-order valence-corrected chi connectivity index (χ3v) is 4.85. The fourth-order valence-corrected chi connectivity index (χ4v) is 3.45. The SMILES string of the molecule is Cc1ccc(C(=O)N2CCOCC23CC3)cc1NS(C)(=O)=O. The van der Waals surface area contributed by atoms with E-state index in [1.165, 1.54) is 0 Å². The summed E-state index contributed by atoms with van der Waals surface area (Å²) in [5.74, 6) is -0.0580. The first kappa shape index (κ1) is 15.3. The Balaban J connectivity index is 1.88. The third kappa shape index (κ3) is 2.96. The molecular formula is C15H20N2O4S. The standard InChI is InChI=1S/C15H20N2O4S/c1-11-3-4-12(9-13(11)16-22(2,19)20)14(18)17-7-8-21-10-15(17)5-6-15/h3-4,9,16H,5-8,10H2,1-2H3. The number of carbonyl (C=O) groups excluding carboxylic acids is 1. The van der Waals surface area contributed by atoms with E-state index in [1.807, 2.05) is 4.90 Å². The predicted octanol–water partition coefficient (Wildman–Crippen LogP) is 1.37. The number of morpholine rings is 1. The average Bonchev–Trinajstić information content (AvgIpc) is 3.20. The molecule has 0 radical (unpaired) electrons. The number of anilines is 1. The smallest absolute Gasteiger partial charge is 0.254 e. The van der Waals surface area contributed by atoms with Crippen LogP contribution in [0.3, 0.4) is 0 Å². The van der Waals surface area contributed by atoms with E-state index >= 15 is 0 Å². The van der Waals surface area contributed by atoms with E-state index in [2.05, 4.69) is 4.72 Å². The molecule has 1 spiro atoms. The fraction of sp³-hybridized carbons (Fsp3) is 0.533. The van der Waals surface area contributed by atoms with Crippen LogP contribution < -0.4 is 4.72 Å². The molecule has 1 aliphatic heterocycles. The fourth-order valence-electron chi connectivity index (χ4n) is 2.83. The molecule has 0 bridgehead atoms. The predicted molar refractivity (Wildman–Crippen MR) is 83.5 cm³/mol. The van der Waals surface area contributed by atoms with Crippen LogP contribution in [0.4, 0.5) is 5.69 Å². The Labute approximate surface area is 130 Å². The minimum Gasteiger partial charge on any atom is -0.377 e. The second-order valence-corrected chi connectivity index (χ2v) is 7.89. The van der Waals surface area contributed by atoms with Crippen LogP contribution in [0.5, 0.6) is 0 Å². The van der Waals surface area contributed by atoms with Gasteiger partial charge < -0.3 is 9.64 Å². The molecule has 0 atom stereocenters. The van der Waals surface area contributed by atoms with E-state index in [4.69, 9.17) is 4.74 Å². The van der Waals surface area contributed by atoms with E-state index in [-0.39, 0.29) is 11.4 Å². The lowest BCUT2D eigenvalue weighted by atomic mass is 10.1. The lowest BCUT2D eigenvalue weighted by molar-refractivity contribution is -0.0117. The van der Waals surface area contributed by atoms with Gasteiger partial charge in [0.15, 0.2) is 0 Å². The number of hydrogen-bond acceptors (Lipinski definition) is 4. The van der Waals surface area contributed by atoms with Gasteiger partial charge in [0.2, 0.25) is 10.0 Å². The highest BCUT2D eigenvalue weighted by Gasteiger charge is 2.52. The van der Waals surface area contributed by atoms with Gasteiger partial charge in [-0.2, -0.15) is 0 Å². The van der Waals surface area contributed by atoms with E-state index in [0.717, 1.165) is 24.7 Å². The molecule has 7 heteroatoms. The number of sulfonamides is 1. The van der Waals surface area contributed by atoms with Gasteiger partial charge in [0.1, 0.15) is 0 Å². The molecule has 1 aliphatic carbocycles. The third-order valence-electron chi connectivity index (χ3n) is 4.25. The molecule has 2 aliphatic rings. The lowest BCUT2D eigenvalue weighted by Crippen LogP contribution is -2.50. The number of aryl methyl sites for hydroxylation is 1. The van der Waals surface area contributed by atoms with Crippen molar-refractivity contribution in [2.24, 2.45) is 0 Å². The second-order valence-electron chi connectivity index (χ2n) is 6.14. The van der Waals surface area contributed by atoms with Crippen molar-refractivity contribution in [1.29, 1.82) is 0 Å². The Hall–Kier alpha value is -1.60. The topological polar surface area (TPSA) is 75.7 Å². The molecule has 0 unspecified atom stereocenters. The largest absolute Gasteiger partial charge is 0.377 e. The van der Waals surface area contributed by atoms with E-state index in [1.54, 1.807) is 25.1 Å². The molecule has 6 nitrogen and oxygen atoms in total. The molecule has 1 aromatic rings. The van der Waals surface area contributed by atoms with Crippen LogP contribution in [0.15, 0.2) is 18.2 Å². The highest BCUT2D eigenvalue weighted by molar-refractivity contribution is 7.92. The first-order chi connectivity index (χ1) is 10.3. The first-order valence-corrected chi connectivity index (χ1v) is 9.18. The van der Waals surface area contributed by atoms with Crippen molar-refractivity contribution < 1.29 is 17.9 Å². The van der Waals surface area contributed by atoms with Crippen LogP contribution >= 0.6 is 0 Å². The van der Waals surface area contributed by atoms with Crippen LogP contribution in [-0.4, -0.2) is 50.8 Å². The summed E-state index contributed by atoms with van der Waals surface area (Å²) in [6, 6.07) is 5.13. The Bertz CT molecular complexity index is 710. The van der Waals surface area contributed by atoms with Crippen molar-refractivity contribution in [3.63, 3.8) is 0 Å². The number of ether oxygens (including phenoxy) is 1. The van der Waals surface area contributed by atoms with Crippen LogP contribution in [0.1, 0.15) is 28.8 Å². The summed E-state index contributed by atoms with van der Waals surface area (Å²) in [7, 11) is -3.37. The molecule has 1 amide bonds. The van der Waals surface area contributed by atoms with Crippen molar-refractivity contribution in [2.75, 3.05) is 30.7 Å². The van der Waals surface area contributed by atoms with E-state index in [9.17, 15) is 13.2 Å². The summed E-state index contributed by atoms with van der Waals surface area (Å²) in [5, 5.41) is 0. The maximum atomic E-state index is 12.8. The maximum Gasteiger partial charge on any atom is 0.254 e. The molecular weight excluding hydrogens is 304 g/mol. The van der Waals surface area contributed by atoms with Crippen molar-refractivity contribution in [2.45, 2.75) is 25.3 Å². The number of nitrogens with zero attached hydrogens (tertiary/aromatic N) is 1. The minimum atomic E-state index is -3.37. The van der Waals surface area contributed by atoms with Gasteiger partial charge in [-0.25, -0.2) is 8.42 Å². The minimum absolute atomic E-state index is 0.0580. The number of hydrogen-bond donors (Lipinski definition) is 1. The van der Waals surface area contributed by atoms with Gasteiger partial charge in [0.05, 0.1) is 30.7 Å². The number of benzene rings is 1. The zero-order valence-electron chi connectivity index (χ0n) is 12.8. The summed E-state index contributed by atoms with van der Waals surface area (Å²) in [5.41, 5.74) is 1.60. The van der Waals surface area contributed by atoms with Crippen molar-refractivity contribution >= 4 is 21.6 Å². The normalized spacial score (nSPS) is 20.0. The molecule has 1 saturated carbocycles. The quantitative estimate of drug-likeness (QED) is 0.911. The van der Waals surface area contributed by atoms with Crippen molar-refractivity contribution in [3.8, 4) is 0 Å². The van der Waals surface area contributed by atoms with Crippen LogP contribution in [0.25, 0.3) is 0 Å². The Morgan fingerprint density at radius 3 is 2.73 bits per heavy atom. The molecule has 22 heavy (non-hydrogen) atoms. The number of nitrogens with one attached hydrogen (secondary N) is 1. The molecule has 0 aromatic heterocycles. The maximum absolute atomic E-state index is 12.8. The molecule has 1 saturated heterocycles. The molecule has 120 valence electrons. The van der Waals surface area contributed by atoms with Crippen LogP contribution in [0, 0.1) is 6.92 Å². The Kier molecular flexibility index (Phi) is 3.65. The summed E-state index contributed by atoms with van der Waals surface area (Å²) < 4.78 is 30.8. The van der Waals surface area contributed by atoms with Gasteiger partial charge >= 0.3 is 0 Å². The second kappa shape index (κ2) is 5.24. The van der Waals surface area contributed by atoms with Gasteiger partial charge in [-0.3, -0.25) is 9.52 Å². The molecule has 1 aromatic carbocycles. The zero-order chi connectivity index (χ0) is 16.0. The average molecular weight is 324 g/mol.